The molecule has 1 aromatic rings. The fourth-order valence-electron chi connectivity index (χ4n) is 2.50. The van der Waals surface area contributed by atoms with Gasteiger partial charge in [-0.1, -0.05) is 22.9 Å². The number of fused-ring (bicyclic) bond motifs is 1. The lowest BCUT2D eigenvalue weighted by molar-refractivity contribution is 0.344. The summed E-state index contributed by atoms with van der Waals surface area (Å²) in [5.74, 6) is 1.13. The summed E-state index contributed by atoms with van der Waals surface area (Å²) in [6.07, 6.45) is 1.96. The van der Waals surface area contributed by atoms with Gasteiger partial charge in [0.05, 0.1) is 14.2 Å². The van der Waals surface area contributed by atoms with E-state index in [4.69, 9.17) is 9.47 Å². The van der Waals surface area contributed by atoms with E-state index in [2.05, 4.69) is 15.9 Å². The van der Waals surface area contributed by atoms with E-state index < -0.39 is 0 Å². The molecule has 1 aromatic carbocycles. The van der Waals surface area contributed by atoms with Crippen LogP contribution in [0.25, 0.3) is 0 Å². The van der Waals surface area contributed by atoms with Gasteiger partial charge in [0.15, 0.2) is 11.5 Å². The lowest BCUT2D eigenvalue weighted by Gasteiger charge is -2.29. The molecule has 2 rings (SSSR count). The Kier molecular flexibility index (Phi) is 3.61. The molecule has 0 amide bonds. The maximum absolute atomic E-state index is 14.1. The van der Waals surface area contributed by atoms with E-state index in [9.17, 15) is 4.39 Å². The normalized spacial score (nSPS) is 23.1. The van der Waals surface area contributed by atoms with Gasteiger partial charge in [0.1, 0.15) is 5.82 Å². The first-order valence-electron chi connectivity index (χ1n) is 5.68. The summed E-state index contributed by atoms with van der Waals surface area (Å²) in [7, 11) is 3.12. The fraction of sp³-hybridized carbons (Fsp3) is 0.538. The molecule has 0 spiro atoms. The molecule has 2 nitrogen and oxygen atoms in total. The summed E-state index contributed by atoms with van der Waals surface area (Å²) < 4.78 is 24.7. The standard InChI is InChI=1S/C13H16BrFO2/c1-7-4-5-8(14)12-11(7)9(15)6-10(16-2)13(12)17-3/h6-8H,4-5H2,1-3H3. The second-order valence-electron chi connectivity index (χ2n) is 4.37. The molecule has 1 aliphatic carbocycles. The Labute approximate surface area is 109 Å². The lowest BCUT2D eigenvalue weighted by Crippen LogP contribution is -2.13. The molecule has 0 N–H and O–H groups in total. The molecule has 0 heterocycles. The van der Waals surface area contributed by atoms with Crippen molar-refractivity contribution in [1.82, 2.24) is 0 Å². The van der Waals surface area contributed by atoms with E-state index in [0.717, 1.165) is 24.0 Å². The molecule has 0 aliphatic heterocycles. The van der Waals surface area contributed by atoms with E-state index in [0.29, 0.717) is 11.5 Å². The zero-order chi connectivity index (χ0) is 12.6. The molecule has 0 aromatic heterocycles. The average molecular weight is 303 g/mol. The van der Waals surface area contributed by atoms with Crippen LogP contribution in [0.3, 0.4) is 0 Å². The van der Waals surface area contributed by atoms with Gasteiger partial charge >= 0.3 is 0 Å². The first kappa shape index (κ1) is 12.7. The number of hydrogen-bond donors (Lipinski definition) is 0. The highest BCUT2D eigenvalue weighted by molar-refractivity contribution is 9.09. The van der Waals surface area contributed by atoms with E-state index in [1.807, 2.05) is 6.92 Å². The summed E-state index contributed by atoms with van der Waals surface area (Å²) in [6, 6.07) is 1.42. The van der Waals surface area contributed by atoms with Gasteiger partial charge < -0.3 is 9.47 Å². The van der Waals surface area contributed by atoms with Crippen LogP contribution in [0.2, 0.25) is 0 Å². The van der Waals surface area contributed by atoms with E-state index >= 15 is 0 Å². The zero-order valence-electron chi connectivity index (χ0n) is 10.2. The van der Waals surface area contributed by atoms with Crippen molar-refractivity contribution in [3.05, 3.63) is 23.0 Å². The number of halogens is 2. The van der Waals surface area contributed by atoms with Gasteiger partial charge in [0.2, 0.25) is 0 Å². The smallest absolute Gasteiger partial charge is 0.165 e. The van der Waals surface area contributed by atoms with Gasteiger partial charge in [0.25, 0.3) is 0 Å². The highest BCUT2D eigenvalue weighted by Crippen LogP contribution is 2.50. The quantitative estimate of drug-likeness (QED) is 0.763. The fourth-order valence-corrected chi connectivity index (χ4v) is 3.22. The number of hydrogen-bond acceptors (Lipinski definition) is 2. The van der Waals surface area contributed by atoms with E-state index in [-0.39, 0.29) is 16.6 Å². The van der Waals surface area contributed by atoms with Crippen molar-refractivity contribution in [3.8, 4) is 11.5 Å². The summed E-state index contributed by atoms with van der Waals surface area (Å²) in [5.41, 5.74) is 1.67. The molecule has 17 heavy (non-hydrogen) atoms. The second-order valence-corrected chi connectivity index (χ2v) is 5.47. The highest BCUT2D eigenvalue weighted by atomic mass is 79.9. The van der Waals surface area contributed by atoms with Gasteiger partial charge in [0, 0.05) is 16.5 Å². The molecule has 0 fully saturated rings. The van der Waals surface area contributed by atoms with Crippen molar-refractivity contribution in [1.29, 1.82) is 0 Å². The van der Waals surface area contributed by atoms with Crippen molar-refractivity contribution in [2.75, 3.05) is 14.2 Å². The molecule has 1 aliphatic rings. The third kappa shape index (κ3) is 2.03. The molecule has 0 radical (unpaired) electrons. The van der Waals surface area contributed by atoms with Gasteiger partial charge in [-0.05, 0) is 24.3 Å². The van der Waals surface area contributed by atoms with Crippen LogP contribution in [0.15, 0.2) is 6.07 Å². The highest BCUT2D eigenvalue weighted by Gasteiger charge is 2.31. The first-order chi connectivity index (χ1) is 8.10. The van der Waals surface area contributed by atoms with Crippen LogP contribution in [0.5, 0.6) is 11.5 Å². The molecular weight excluding hydrogens is 287 g/mol. The SMILES string of the molecule is COc1cc(F)c2c(c1OC)C(Br)CCC2C. The van der Waals surface area contributed by atoms with Crippen LogP contribution in [-0.4, -0.2) is 14.2 Å². The summed E-state index contributed by atoms with van der Waals surface area (Å²) in [4.78, 5) is 0.133. The molecule has 94 valence electrons. The van der Waals surface area contributed by atoms with Gasteiger partial charge in [-0.2, -0.15) is 0 Å². The van der Waals surface area contributed by atoms with Crippen LogP contribution >= 0.6 is 15.9 Å². The Balaban J connectivity index is 2.70. The Morgan fingerprint density at radius 1 is 1.24 bits per heavy atom. The topological polar surface area (TPSA) is 18.5 Å². The van der Waals surface area contributed by atoms with Crippen molar-refractivity contribution < 1.29 is 13.9 Å². The van der Waals surface area contributed by atoms with Crippen molar-refractivity contribution in [3.63, 3.8) is 0 Å². The number of rotatable bonds is 2. The molecule has 2 atom stereocenters. The minimum Gasteiger partial charge on any atom is -0.493 e. The number of benzene rings is 1. The van der Waals surface area contributed by atoms with Crippen LogP contribution in [0.1, 0.15) is 41.6 Å². The van der Waals surface area contributed by atoms with Crippen molar-refractivity contribution >= 4 is 15.9 Å². The third-order valence-corrected chi connectivity index (χ3v) is 4.27. The summed E-state index contributed by atoms with van der Waals surface area (Å²) >= 11 is 3.60. The number of methoxy groups -OCH3 is 2. The second kappa shape index (κ2) is 4.84. The van der Waals surface area contributed by atoms with Crippen LogP contribution in [0.4, 0.5) is 4.39 Å². The zero-order valence-corrected chi connectivity index (χ0v) is 11.8. The Morgan fingerprint density at radius 2 is 1.94 bits per heavy atom. The summed E-state index contributed by atoms with van der Waals surface area (Å²) in [5, 5.41) is 0. The Bertz CT molecular complexity index is 434. The van der Waals surface area contributed by atoms with Crippen LogP contribution < -0.4 is 9.47 Å². The molecular formula is C13H16BrFO2. The molecule has 0 saturated carbocycles. The molecule has 0 saturated heterocycles. The predicted molar refractivity (Wildman–Crippen MR) is 68.8 cm³/mol. The Morgan fingerprint density at radius 3 is 2.53 bits per heavy atom. The van der Waals surface area contributed by atoms with Gasteiger partial charge in [-0.25, -0.2) is 4.39 Å². The van der Waals surface area contributed by atoms with E-state index in [1.54, 1.807) is 7.11 Å². The minimum absolute atomic E-state index is 0.133. The Hall–Kier alpha value is -0.770. The lowest BCUT2D eigenvalue weighted by atomic mass is 9.83. The predicted octanol–water partition coefficient (Wildman–Crippen LogP) is 4.18. The average Bonchev–Trinajstić information content (AvgIpc) is 2.32. The largest absolute Gasteiger partial charge is 0.493 e. The van der Waals surface area contributed by atoms with Crippen molar-refractivity contribution in [2.24, 2.45) is 0 Å². The molecule has 2 unspecified atom stereocenters. The minimum atomic E-state index is -0.200. The maximum Gasteiger partial charge on any atom is 0.165 e. The first-order valence-corrected chi connectivity index (χ1v) is 6.60. The van der Waals surface area contributed by atoms with E-state index in [1.165, 1.54) is 13.2 Å². The van der Waals surface area contributed by atoms with Crippen LogP contribution in [0, 0.1) is 5.82 Å². The van der Waals surface area contributed by atoms with Crippen LogP contribution in [-0.2, 0) is 0 Å². The molecule has 0 bridgehead atoms. The van der Waals surface area contributed by atoms with Crippen molar-refractivity contribution in [2.45, 2.75) is 30.5 Å². The third-order valence-electron chi connectivity index (χ3n) is 3.36. The number of alkyl halides is 1. The van der Waals surface area contributed by atoms with Gasteiger partial charge in [-0.15, -0.1) is 0 Å². The molecule has 4 heteroatoms. The monoisotopic (exact) mass is 302 g/mol. The summed E-state index contributed by atoms with van der Waals surface area (Å²) in [6.45, 7) is 2.05. The number of ether oxygens (including phenoxy) is 2. The maximum atomic E-state index is 14.1. The van der Waals surface area contributed by atoms with Gasteiger partial charge in [-0.3, -0.25) is 0 Å².